The van der Waals surface area contributed by atoms with Crippen molar-refractivity contribution < 1.29 is 4.74 Å². The van der Waals surface area contributed by atoms with Gasteiger partial charge in [-0.05, 0) is 31.5 Å². The van der Waals surface area contributed by atoms with Crippen LogP contribution < -0.4 is 5.73 Å². The van der Waals surface area contributed by atoms with Gasteiger partial charge in [0.2, 0.25) is 0 Å². The molecule has 0 aliphatic carbocycles. The maximum atomic E-state index is 6.25. The van der Waals surface area contributed by atoms with Crippen LogP contribution in [0.25, 0.3) is 0 Å². The third-order valence-corrected chi connectivity index (χ3v) is 3.36. The van der Waals surface area contributed by atoms with Crippen LogP contribution in [0, 0.1) is 0 Å². The first-order valence-corrected chi connectivity index (χ1v) is 6.22. The van der Waals surface area contributed by atoms with Crippen molar-refractivity contribution in [3.05, 3.63) is 30.1 Å². The fourth-order valence-electron chi connectivity index (χ4n) is 2.51. The number of piperidine rings is 1. The Hall–Kier alpha value is -0.970. The zero-order valence-electron chi connectivity index (χ0n) is 10.4. The van der Waals surface area contributed by atoms with Crippen LogP contribution in [-0.4, -0.2) is 42.7 Å². The van der Waals surface area contributed by atoms with Crippen molar-refractivity contribution in [1.82, 2.24) is 9.88 Å². The van der Waals surface area contributed by atoms with Gasteiger partial charge in [0, 0.05) is 25.9 Å². The van der Waals surface area contributed by atoms with Crippen molar-refractivity contribution in [3.63, 3.8) is 0 Å². The second-order valence-electron chi connectivity index (χ2n) is 4.53. The molecule has 1 saturated heterocycles. The predicted octanol–water partition coefficient (Wildman–Crippen LogP) is 1.19. The molecular formula is C13H21N3O. The highest BCUT2D eigenvalue weighted by molar-refractivity contribution is 5.12. The molecule has 0 aromatic carbocycles. The molecule has 2 N–H and O–H groups in total. The minimum atomic E-state index is 0.176. The van der Waals surface area contributed by atoms with Gasteiger partial charge in [0.1, 0.15) is 0 Å². The number of ether oxygens (including phenoxy) is 1. The lowest BCUT2D eigenvalue weighted by molar-refractivity contribution is 0.0829. The van der Waals surface area contributed by atoms with Crippen molar-refractivity contribution in [1.29, 1.82) is 0 Å². The highest BCUT2D eigenvalue weighted by atomic mass is 16.5. The quantitative estimate of drug-likeness (QED) is 0.852. The second-order valence-corrected chi connectivity index (χ2v) is 4.53. The Balaban J connectivity index is 2.13. The normalized spacial score (nSPS) is 26.0. The standard InChI is InChI=1S/C13H21N3O/c1-17-10-9-16-8-4-5-11(14)13(16)12-6-2-3-7-15-12/h2-3,6-7,11,13H,4-5,8-10,14H2,1H3. The summed E-state index contributed by atoms with van der Waals surface area (Å²) in [6.07, 6.45) is 4.07. The largest absolute Gasteiger partial charge is 0.383 e. The molecule has 1 fully saturated rings. The van der Waals surface area contributed by atoms with Crippen LogP contribution in [0.4, 0.5) is 0 Å². The van der Waals surface area contributed by atoms with Gasteiger partial charge < -0.3 is 10.5 Å². The van der Waals surface area contributed by atoms with Crippen LogP contribution in [-0.2, 0) is 4.74 Å². The molecule has 2 rings (SSSR count). The molecule has 2 unspecified atom stereocenters. The van der Waals surface area contributed by atoms with E-state index in [1.54, 1.807) is 7.11 Å². The van der Waals surface area contributed by atoms with Gasteiger partial charge in [-0.3, -0.25) is 9.88 Å². The third-order valence-electron chi connectivity index (χ3n) is 3.36. The number of methoxy groups -OCH3 is 1. The van der Waals surface area contributed by atoms with E-state index in [0.717, 1.165) is 38.2 Å². The maximum absolute atomic E-state index is 6.25. The minimum absolute atomic E-state index is 0.176. The van der Waals surface area contributed by atoms with Gasteiger partial charge in [-0.2, -0.15) is 0 Å². The molecule has 4 heteroatoms. The van der Waals surface area contributed by atoms with Gasteiger partial charge in [0.15, 0.2) is 0 Å². The summed E-state index contributed by atoms with van der Waals surface area (Å²) in [6.45, 7) is 2.75. The molecule has 2 atom stereocenters. The Bertz CT molecular complexity index is 331. The van der Waals surface area contributed by atoms with E-state index >= 15 is 0 Å². The minimum Gasteiger partial charge on any atom is -0.383 e. The summed E-state index contributed by atoms with van der Waals surface area (Å²) in [6, 6.07) is 6.45. The molecule has 0 radical (unpaired) electrons. The Labute approximate surface area is 103 Å². The number of aromatic nitrogens is 1. The van der Waals surface area contributed by atoms with Crippen LogP contribution in [0.2, 0.25) is 0 Å². The van der Waals surface area contributed by atoms with Gasteiger partial charge in [0.25, 0.3) is 0 Å². The zero-order chi connectivity index (χ0) is 12.1. The van der Waals surface area contributed by atoms with Crippen LogP contribution >= 0.6 is 0 Å². The van der Waals surface area contributed by atoms with E-state index < -0.39 is 0 Å². The average molecular weight is 235 g/mol. The summed E-state index contributed by atoms with van der Waals surface area (Å²) in [5.74, 6) is 0. The summed E-state index contributed by atoms with van der Waals surface area (Å²) < 4.78 is 5.16. The molecule has 0 spiro atoms. The monoisotopic (exact) mass is 235 g/mol. The molecule has 94 valence electrons. The molecule has 1 aromatic rings. The molecule has 17 heavy (non-hydrogen) atoms. The van der Waals surface area contributed by atoms with E-state index in [1.807, 2.05) is 18.3 Å². The molecule has 4 nitrogen and oxygen atoms in total. The van der Waals surface area contributed by atoms with Crippen molar-refractivity contribution >= 4 is 0 Å². The first-order valence-electron chi connectivity index (χ1n) is 6.22. The summed E-state index contributed by atoms with van der Waals surface area (Å²) >= 11 is 0. The van der Waals surface area contributed by atoms with Gasteiger partial charge in [-0.15, -0.1) is 0 Å². The lowest BCUT2D eigenvalue weighted by atomic mass is 9.94. The molecule has 0 saturated carbocycles. The number of hydrogen-bond acceptors (Lipinski definition) is 4. The number of hydrogen-bond donors (Lipinski definition) is 1. The number of pyridine rings is 1. The fraction of sp³-hybridized carbons (Fsp3) is 0.615. The predicted molar refractivity (Wildman–Crippen MR) is 67.6 cm³/mol. The Morgan fingerprint density at radius 2 is 2.41 bits per heavy atom. The van der Waals surface area contributed by atoms with Crippen LogP contribution in [0.15, 0.2) is 24.4 Å². The van der Waals surface area contributed by atoms with Crippen molar-refractivity contribution in [2.45, 2.75) is 24.9 Å². The van der Waals surface area contributed by atoms with E-state index in [-0.39, 0.29) is 12.1 Å². The Morgan fingerprint density at radius 1 is 1.53 bits per heavy atom. The second kappa shape index (κ2) is 6.10. The topological polar surface area (TPSA) is 51.4 Å². The summed E-state index contributed by atoms with van der Waals surface area (Å²) in [5.41, 5.74) is 7.33. The molecule has 1 aliphatic heterocycles. The fourth-order valence-corrected chi connectivity index (χ4v) is 2.51. The summed E-state index contributed by atoms with van der Waals surface area (Å²) in [5, 5.41) is 0. The van der Waals surface area contributed by atoms with Gasteiger partial charge in [-0.1, -0.05) is 6.07 Å². The van der Waals surface area contributed by atoms with Crippen molar-refractivity contribution in [3.8, 4) is 0 Å². The molecule has 2 heterocycles. The number of nitrogens with zero attached hydrogens (tertiary/aromatic N) is 2. The van der Waals surface area contributed by atoms with E-state index in [4.69, 9.17) is 10.5 Å². The zero-order valence-corrected chi connectivity index (χ0v) is 10.4. The van der Waals surface area contributed by atoms with Crippen molar-refractivity contribution in [2.75, 3.05) is 26.8 Å². The molecule has 1 aliphatic rings. The molecule has 0 bridgehead atoms. The third kappa shape index (κ3) is 3.03. The first kappa shape index (κ1) is 12.5. The highest BCUT2D eigenvalue weighted by Crippen LogP contribution is 2.28. The molecule has 1 aromatic heterocycles. The maximum Gasteiger partial charge on any atom is 0.0674 e. The van der Waals surface area contributed by atoms with Crippen LogP contribution in [0.3, 0.4) is 0 Å². The van der Waals surface area contributed by atoms with E-state index in [2.05, 4.69) is 16.0 Å². The van der Waals surface area contributed by atoms with E-state index in [0.29, 0.717) is 0 Å². The lowest BCUT2D eigenvalue weighted by Gasteiger charge is -2.39. The van der Waals surface area contributed by atoms with E-state index in [1.165, 1.54) is 0 Å². The summed E-state index contributed by atoms with van der Waals surface area (Å²) in [4.78, 5) is 6.84. The van der Waals surface area contributed by atoms with Crippen LogP contribution in [0.1, 0.15) is 24.6 Å². The average Bonchev–Trinajstić information content (AvgIpc) is 2.37. The van der Waals surface area contributed by atoms with Gasteiger partial charge >= 0.3 is 0 Å². The van der Waals surface area contributed by atoms with Gasteiger partial charge in [0.05, 0.1) is 18.3 Å². The highest BCUT2D eigenvalue weighted by Gasteiger charge is 2.30. The van der Waals surface area contributed by atoms with Gasteiger partial charge in [-0.25, -0.2) is 0 Å². The van der Waals surface area contributed by atoms with Crippen molar-refractivity contribution in [2.24, 2.45) is 5.73 Å². The SMILES string of the molecule is COCCN1CCCC(N)C1c1ccccn1. The number of likely N-dealkylation sites (tertiary alicyclic amines) is 1. The smallest absolute Gasteiger partial charge is 0.0674 e. The summed E-state index contributed by atoms with van der Waals surface area (Å²) in [7, 11) is 1.74. The molecule has 0 amide bonds. The number of nitrogens with two attached hydrogens (primary N) is 1. The lowest BCUT2D eigenvalue weighted by Crippen LogP contribution is -2.47. The molecular weight excluding hydrogens is 214 g/mol. The van der Waals surface area contributed by atoms with Crippen LogP contribution in [0.5, 0.6) is 0 Å². The Kier molecular flexibility index (Phi) is 4.48. The Morgan fingerprint density at radius 3 is 3.12 bits per heavy atom. The first-order chi connectivity index (χ1) is 8.33. The number of rotatable bonds is 4. The van der Waals surface area contributed by atoms with E-state index in [9.17, 15) is 0 Å².